The van der Waals surface area contributed by atoms with E-state index in [2.05, 4.69) is 4.98 Å². The van der Waals surface area contributed by atoms with Crippen LogP contribution in [0.2, 0.25) is 0 Å². The van der Waals surface area contributed by atoms with Crippen LogP contribution in [-0.4, -0.2) is 17.6 Å². The van der Waals surface area contributed by atoms with Gasteiger partial charge in [-0.2, -0.15) is 0 Å². The van der Waals surface area contributed by atoms with Crippen LogP contribution in [-0.2, 0) is 16.0 Å². The standard InChI is InChI=1S/C10H11F2IN2O2/c1-2-17-7(16)4-5-3-6(13)15-9(8(5)14)10(11)12/h3,10H,2,4,14H2,1H3. The van der Waals surface area contributed by atoms with Gasteiger partial charge in [0.25, 0.3) is 6.43 Å². The molecule has 1 rings (SSSR count). The molecule has 17 heavy (non-hydrogen) atoms. The lowest BCUT2D eigenvalue weighted by Crippen LogP contribution is -2.12. The highest BCUT2D eigenvalue weighted by Gasteiger charge is 2.19. The molecule has 0 fully saturated rings. The van der Waals surface area contributed by atoms with Crippen molar-refractivity contribution in [3.05, 3.63) is 21.0 Å². The SMILES string of the molecule is CCOC(=O)Cc1cc(I)nc(C(F)F)c1N. The fourth-order valence-electron chi connectivity index (χ4n) is 1.27. The van der Waals surface area contributed by atoms with Crippen molar-refractivity contribution in [3.8, 4) is 0 Å². The summed E-state index contributed by atoms with van der Waals surface area (Å²) in [4.78, 5) is 14.9. The molecule has 0 aromatic carbocycles. The van der Waals surface area contributed by atoms with Crippen molar-refractivity contribution in [2.75, 3.05) is 12.3 Å². The molecule has 0 saturated carbocycles. The normalized spacial score (nSPS) is 10.6. The van der Waals surface area contributed by atoms with Crippen LogP contribution < -0.4 is 5.73 Å². The summed E-state index contributed by atoms with van der Waals surface area (Å²) in [6.45, 7) is 1.91. The predicted octanol–water partition coefficient (Wildman–Crippen LogP) is 2.31. The first-order valence-corrected chi connectivity index (χ1v) is 5.92. The number of nitrogens with two attached hydrogens (primary N) is 1. The van der Waals surface area contributed by atoms with Gasteiger partial charge in [0.05, 0.1) is 18.7 Å². The van der Waals surface area contributed by atoms with Crippen LogP contribution in [0.5, 0.6) is 0 Å². The Hall–Kier alpha value is -0.990. The molecule has 0 aliphatic rings. The first kappa shape index (κ1) is 14.1. The van der Waals surface area contributed by atoms with Crippen LogP contribution in [0.25, 0.3) is 0 Å². The van der Waals surface area contributed by atoms with Crippen molar-refractivity contribution in [1.82, 2.24) is 4.98 Å². The summed E-state index contributed by atoms with van der Waals surface area (Å²) < 4.78 is 30.3. The van der Waals surface area contributed by atoms with Crippen molar-refractivity contribution in [1.29, 1.82) is 0 Å². The first-order valence-electron chi connectivity index (χ1n) is 4.84. The van der Waals surface area contributed by atoms with E-state index in [-0.39, 0.29) is 18.7 Å². The summed E-state index contributed by atoms with van der Waals surface area (Å²) >= 11 is 1.80. The van der Waals surface area contributed by atoms with Crippen LogP contribution in [0.4, 0.5) is 14.5 Å². The summed E-state index contributed by atoms with van der Waals surface area (Å²) in [5, 5.41) is 0. The van der Waals surface area contributed by atoms with Crippen LogP contribution in [0.1, 0.15) is 24.6 Å². The van der Waals surface area contributed by atoms with Gasteiger partial charge >= 0.3 is 5.97 Å². The number of pyridine rings is 1. The number of halogens is 3. The number of anilines is 1. The summed E-state index contributed by atoms with van der Waals surface area (Å²) in [7, 11) is 0. The van der Waals surface area contributed by atoms with E-state index in [0.717, 1.165) is 0 Å². The molecule has 2 N–H and O–H groups in total. The highest BCUT2D eigenvalue weighted by atomic mass is 127. The van der Waals surface area contributed by atoms with Crippen LogP contribution in [0.15, 0.2) is 6.07 Å². The summed E-state index contributed by atoms with van der Waals surface area (Å²) in [6, 6.07) is 1.50. The van der Waals surface area contributed by atoms with Crippen molar-refractivity contribution >= 4 is 34.2 Å². The van der Waals surface area contributed by atoms with E-state index in [0.29, 0.717) is 9.26 Å². The molecule has 0 aliphatic carbocycles. The zero-order chi connectivity index (χ0) is 13.0. The number of carbonyl (C=O) groups is 1. The van der Waals surface area contributed by atoms with E-state index in [1.54, 1.807) is 29.5 Å². The Morgan fingerprint density at radius 2 is 2.29 bits per heavy atom. The van der Waals surface area contributed by atoms with Gasteiger partial charge in [-0.25, -0.2) is 13.8 Å². The van der Waals surface area contributed by atoms with Gasteiger partial charge in [0.15, 0.2) is 0 Å². The van der Waals surface area contributed by atoms with Crippen molar-refractivity contribution < 1.29 is 18.3 Å². The Bertz CT molecular complexity index is 427. The second-order valence-electron chi connectivity index (χ2n) is 3.19. The zero-order valence-electron chi connectivity index (χ0n) is 9.04. The molecule has 0 unspecified atom stereocenters. The lowest BCUT2D eigenvalue weighted by atomic mass is 10.1. The van der Waals surface area contributed by atoms with Gasteiger partial charge in [-0.15, -0.1) is 0 Å². The highest BCUT2D eigenvalue weighted by molar-refractivity contribution is 14.1. The molecule has 0 spiro atoms. The molecule has 1 aromatic heterocycles. The second-order valence-corrected chi connectivity index (χ2v) is 4.29. The summed E-state index contributed by atoms with van der Waals surface area (Å²) in [5.41, 5.74) is 5.23. The lowest BCUT2D eigenvalue weighted by molar-refractivity contribution is -0.142. The number of ether oxygens (including phenoxy) is 1. The number of hydrogen-bond acceptors (Lipinski definition) is 4. The number of aromatic nitrogens is 1. The predicted molar refractivity (Wildman–Crippen MR) is 66.7 cm³/mol. The molecule has 0 bridgehead atoms. The maximum Gasteiger partial charge on any atom is 0.310 e. The third-order valence-corrected chi connectivity index (χ3v) is 2.54. The molecule has 0 saturated heterocycles. The van der Waals surface area contributed by atoms with Crippen molar-refractivity contribution in [2.24, 2.45) is 0 Å². The molecule has 94 valence electrons. The molecule has 1 aromatic rings. The van der Waals surface area contributed by atoms with Gasteiger partial charge in [0.2, 0.25) is 0 Å². The maximum absolute atomic E-state index is 12.6. The number of rotatable bonds is 4. The van der Waals surface area contributed by atoms with Gasteiger partial charge in [0, 0.05) is 0 Å². The number of alkyl halides is 2. The Morgan fingerprint density at radius 1 is 1.65 bits per heavy atom. The molecule has 0 atom stereocenters. The minimum Gasteiger partial charge on any atom is -0.466 e. The van der Waals surface area contributed by atoms with Crippen molar-refractivity contribution in [3.63, 3.8) is 0 Å². The number of hydrogen-bond donors (Lipinski definition) is 1. The number of esters is 1. The highest BCUT2D eigenvalue weighted by Crippen LogP contribution is 2.27. The monoisotopic (exact) mass is 356 g/mol. The molecular formula is C10H11F2IN2O2. The molecule has 0 amide bonds. The quantitative estimate of drug-likeness (QED) is 0.511. The topological polar surface area (TPSA) is 65.2 Å². The smallest absolute Gasteiger partial charge is 0.310 e. The van der Waals surface area contributed by atoms with Gasteiger partial charge in [-0.1, -0.05) is 0 Å². The zero-order valence-corrected chi connectivity index (χ0v) is 11.2. The Balaban J connectivity index is 3.03. The van der Waals surface area contributed by atoms with E-state index >= 15 is 0 Å². The van der Waals surface area contributed by atoms with Crippen LogP contribution >= 0.6 is 22.6 Å². The number of nitrogen functional groups attached to an aromatic ring is 1. The molecule has 7 heteroatoms. The fourth-order valence-corrected chi connectivity index (χ4v) is 1.91. The Labute approximate surface area is 111 Å². The fraction of sp³-hybridized carbons (Fsp3) is 0.400. The van der Waals surface area contributed by atoms with Crippen molar-refractivity contribution in [2.45, 2.75) is 19.8 Å². The molecule has 4 nitrogen and oxygen atoms in total. The Kier molecular flexibility index (Phi) is 5.03. The van der Waals surface area contributed by atoms with E-state index in [9.17, 15) is 13.6 Å². The lowest BCUT2D eigenvalue weighted by Gasteiger charge is -2.10. The first-order chi connectivity index (χ1) is 7.95. The minimum absolute atomic E-state index is 0.127. The third kappa shape index (κ3) is 3.76. The largest absolute Gasteiger partial charge is 0.466 e. The van der Waals surface area contributed by atoms with E-state index in [4.69, 9.17) is 10.5 Å². The van der Waals surface area contributed by atoms with Gasteiger partial charge in [-0.3, -0.25) is 4.79 Å². The van der Waals surface area contributed by atoms with Gasteiger partial charge in [0.1, 0.15) is 9.39 Å². The van der Waals surface area contributed by atoms with E-state index in [1.165, 1.54) is 6.07 Å². The Morgan fingerprint density at radius 3 is 2.82 bits per heavy atom. The second kappa shape index (κ2) is 6.08. The third-order valence-electron chi connectivity index (χ3n) is 1.99. The molecule has 0 aliphatic heterocycles. The van der Waals surface area contributed by atoms with Gasteiger partial charge in [-0.05, 0) is 41.1 Å². The number of carbonyl (C=O) groups excluding carboxylic acids is 1. The maximum atomic E-state index is 12.6. The average molecular weight is 356 g/mol. The van der Waals surface area contributed by atoms with E-state index in [1.807, 2.05) is 0 Å². The van der Waals surface area contributed by atoms with E-state index < -0.39 is 18.1 Å². The molecule has 0 radical (unpaired) electrons. The molecular weight excluding hydrogens is 345 g/mol. The average Bonchev–Trinajstić information content (AvgIpc) is 2.22. The van der Waals surface area contributed by atoms with Gasteiger partial charge < -0.3 is 10.5 Å². The summed E-state index contributed by atoms with van der Waals surface area (Å²) in [5.74, 6) is -0.499. The number of nitrogens with zero attached hydrogens (tertiary/aromatic N) is 1. The summed E-state index contributed by atoms with van der Waals surface area (Å²) in [6.07, 6.45) is -2.89. The van der Waals surface area contributed by atoms with Crippen LogP contribution in [0.3, 0.4) is 0 Å². The minimum atomic E-state index is -2.76. The molecule has 1 heterocycles. The van der Waals surface area contributed by atoms with Crippen LogP contribution in [0, 0.1) is 3.70 Å².